The van der Waals surface area contributed by atoms with Crippen LogP contribution in [0.4, 0.5) is 0 Å². The van der Waals surface area contributed by atoms with Crippen molar-refractivity contribution in [2.24, 2.45) is 5.92 Å². The second kappa shape index (κ2) is 7.84. The Balaban J connectivity index is 2.22. The van der Waals surface area contributed by atoms with E-state index in [-0.39, 0.29) is 5.54 Å². The van der Waals surface area contributed by atoms with Gasteiger partial charge in [-0.25, -0.2) is 0 Å². The van der Waals surface area contributed by atoms with Crippen molar-refractivity contribution in [2.45, 2.75) is 51.2 Å². The summed E-state index contributed by atoms with van der Waals surface area (Å²) in [5.74, 6) is 0.674. The highest BCUT2D eigenvalue weighted by molar-refractivity contribution is 5.02. The number of nitrogens with zero attached hydrogens (tertiary/aromatic N) is 2. The van der Waals surface area contributed by atoms with Crippen molar-refractivity contribution in [3.8, 4) is 6.07 Å². The van der Waals surface area contributed by atoms with Crippen LogP contribution >= 0.6 is 0 Å². The molecule has 1 aliphatic heterocycles. The molecule has 1 aliphatic rings. The third kappa shape index (κ3) is 5.10. The third-order valence-electron chi connectivity index (χ3n) is 4.48. The molecule has 0 radical (unpaired) electrons. The van der Waals surface area contributed by atoms with Crippen molar-refractivity contribution >= 4 is 0 Å². The molecule has 0 aromatic rings. The number of likely N-dealkylation sites (tertiary alicyclic amines) is 1. The van der Waals surface area contributed by atoms with Gasteiger partial charge in [0, 0.05) is 13.7 Å². The summed E-state index contributed by atoms with van der Waals surface area (Å²) in [4.78, 5) is 2.50. The summed E-state index contributed by atoms with van der Waals surface area (Å²) < 4.78 is 5.53. The summed E-state index contributed by atoms with van der Waals surface area (Å²) in [5, 5.41) is 12.2. The van der Waals surface area contributed by atoms with Crippen LogP contribution in [0.1, 0.15) is 39.5 Å². The predicted octanol–water partition coefficient (Wildman–Crippen LogP) is 2.02. The van der Waals surface area contributed by atoms with Gasteiger partial charge in [-0.15, -0.1) is 0 Å². The Labute approximate surface area is 118 Å². The van der Waals surface area contributed by atoms with Crippen LogP contribution in [0.3, 0.4) is 0 Å². The third-order valence-corrected chi connectivity index (χ3v) is 4.48. The van der Waals surface area contributed by atoms with Crippen molar-refractivity contribution in [3.63, 3.8) is 0 Å². The van der Waals surface area contributed by atoms with Gasteiger partial charge in [-0.2, -0.15) is 5.26 Å². The minimum absolute atomic E-state index is 0.370. The molecule has 1 saturated heterocycles. The van der Waals surface area contributed by atoms with Gasteiger partial charge in [0.15, 0.2) is 0 Å². The topological polar surface area (TPSA) is 48.3 Å². The fraction of sp³-hybridized carbons (Fsp3) is 0.933. The first-order valence-corrected chi connectivity index (χ1v) is 7.40. The average molecular weight is 267 g/mol. The first kappa shape index (κ1) is 16.4. The van der Waals surface area contributed by atoms with Crippen molar-refractivity contribution in [1.82, 2.24) is 10.2 Å². The first-order chi connectivity index (χ1) is 9.04. The Morgan fingerprint density at radius 2 is 2.21 bits per heavy atom. The Kier molecular flexibility index (Phi) is 6.78. The molecule has 1 heterocycles. The molecule has 0 aliphatic carbocycles. The summed E-state index contributed by atoms with van der Waals surface area (Å²) in [7, 11) is 3.67. The minimum Gasteiger partial charge on any atom is -0.380 e. The van der Waals surface area contributed by atoms with Crippen LogP contribution in [0.2, 0.25) is 0 Å². The van der Waals surface area contributed by atoms with Gasteiger partial charge in [0.05, 0.1) is 12.2 Å². The van der Waals surface area contributed by atoms with Crippen molar-refractivity contribution in [1.29, 1.82) is 5.26 Å². The van der Waals surface area contributed by atoms with Gasteiger partial charge in [-0.1, -0.05) is 6.92 Å². The maximum atomic E-state index is 9.09. The molecule has 0 saturated carbocycles. The highest BCUT2D eigenvalue weighted by Crippen LogP contribution is 2.20. The fourth-order valence-electron chi connectivity index (χ4n) is 2.66. The Morgan fingerprint density at radius 1 is 1.47 bits per heavy atom. The van der Waals surface area contributed by atoms with Crippen LogP contribution in [0.25, 0.3) is 0 Å². The SMILES string of the molecule is CNC(C)(C#N)CCCCN1CCC(C)C(OC)C1. The Hall–Kier alpha value is -0.630. The van der Waals surface area contributed by atoms with E-state index in [0.717, 1.165) is 32.4 Å². The smallest absolute Gasteiger partial charge is 0.103 e. The summed E-state index contributed by atoms with van der Waals surface area (Å²) in [6.07, 6.45) is 4.77. The fourth-order valence-corrected chi connectivity index (χ4v) is 2.66. The number of hydrogen-bond donors (Lipinski definition) is 1. The standard InChI is InChI=1S/C15H29N3O/c1-13-7-10-18(11-14(13)19-4)9-6-5-8-15(2,12-16)17-3/h13-14,17H,5-11H2,1-4H3. The molecule has 1 rings (SSSR count). The average Bonchev–Trinajstić information content (AvgIpc) is 2.45. The highest BCUT2D eigenvalue weighted by Gasteiger charge is 2.26. The van der Waals surface area contributed by atoms with Crippen LogP contribution in [0, 0.1) is 17.2 Å². The molecule has 3 unspecified atom stereocenters. The van der Waals surface area contributed by atoms with Gasteiger partial charge in [0.25, 0.3) is 0 Å². The van der Waals surface area contributed by atoms with Gasteiger partial charge in [0.1, 0.15) is 5.54 Å². The van der Waals surface area contributed by atoms with Gasteiger partial charge < -0.3 is 15.0 Å². The van der Waals surface area contributed by atoms with Gasteiger partial charge in [0.2, 0.25) is 0 Å². The van der Waals surface area contributed by atoms with E-state index in [4.69, 9.17) is 10.00 Å². The number of nitrogens with one attached hydrogen (secondary N) is 1. The van der Waals surface area contributed by atoms with Gasteiger partial charge in [-0.3, -0.25) is 0 Å². The van der Waals surface area contributed by atoms with Gasteiger partial charge in [-0.05, 0) is 58.7 Å². The molecule has 110 valence electrons. The van der Waals surface area contributed by atoms with Crippen LogP contribution in [0.15, 0.2) is 0 Å². The van der Waals surface area contributed by atoms with Crippen LogP contribution in [-0.4, -0.2) is 50.3 Å². The Bertz CT molecular complexity index is 302. The second-order valence-corrected chi connectivity index (χ2v) is 5.99. The molecule has 0 aromatic carbocycles. The number of methoxy groups -OCH3 is 1. The molecule has 0 spiro atoms. The number of ether oxygens (including phenoxy) is 1. The second-order valence-electron chi connectivity index (χ2n) is 5.99. The van der Waals surface area contributed by atoms with E-state index in [1.165, 1.54) is 13.0 Å². The van der Waals surface area contributed by atoms with E-state index in [9.17, 15) is 0 Å². The van der Waals surface area contributed by atoms with E-state index in [1.807, 2.05) is 21.1 Å². The largest absolute Gasteiger partial charge is 0.380 e. The summed E-state index contributed by atoms with van der Waals surface area (Å²) in [6, 6.07) is 2.34. The van der Waals surface area contributed by atoms with E-state index in [2.05, 4.69) is 23.2 Å². The number of hydrogen-bond acceptors (Lipinski definition) is 4. The maximum Gasteiger partial charge on any atom is 0.103 e. The van der Waals surface area contributed by atoms with Crippen LogP contribution in [0.5, 0.6) is 0 Å². The monoisotopic (exact) mass is 267 g/mol. The normalized spacial score (nSPS) is 27.7. The highest BCUT2D eigenvalue weighted by atomic mass is 16.5. The minimum atomic E-state index is -0.370. The lowest BCUT2D eigenvalue weighted by Crippen LogP contribution is -2.44. The maximum absolute atomic E-state index is 9.09. The number of rotatable bonds is 7. The number of nitriles is 1. The van der Waals surface area contributed by atoms with E-state index < -0.39 is 0 Å². The quantitative estimate of drug-likeness (QED) is 0.717. The lowest BCUT2D eigenvalue weighted by molar-refractivity contribution is -0.00532. The van der Waals surface area contributed by atoms with Crippen molar-refractivity contribution in [2.75, 3.05) is 33.8 Å². The summed E-state index contributed by atoms with van der Waals surface area (Å²) >= 11 is 0. The van der Waals surface area contributed by atoms with E-state index in [0.29, 0.717) is 12.0 Å². The molecule has 4 heteroatoms. The molecule has 19 heavy (non-hydrogen) atoms. The molecule has 4 nitrogen and oxygen atoms in total. The number of piperidine rings is 1. The summed E-state index contributed by atoms with van der Waals surface area (Å²) in [6.45, 7) is 7.60. The first-order valence-electron chi connectivity index (χ1n) is 7.40. The zero-order valence-corrected chi connectivity index (χ0v) is 12.9. The molecule has 0 amide bonds. The van der Waals surface area contributed by atoms with Crippen LogP contribution in [-0.2, 0) is 4.74 Å². The molecule has 1 fully saturated rings. The lowest BCUT2D eigenvalue weighted by Gasteiger charge is -2.36. The Morgan fingerprint density at radius 3 is 2.79 bits per heavy atom. The molecule has 0 bridgehead atoms. The molecular weight excluding hydrogens is 238 g/mol. The van der Waals surface area contributed by atoms with Crippen molar-refractivity contribution < 1.29 is 4.74 Å². The van der Waals surface area contributed by atoms with Gasteiger partial charge >= 0.3 is 0 Å². The summed E-state index contributed by atoms with van der Waals surface area (Å²) in [5.41, 5.74) is -0.370. The van der Waals surface area contributed by atoms with Crippen LogP contribution < -0.4 is 5.32 Å². The molecule has 1 N–H and O–H groups in total. The van der Waals surface area contributed by atoms with Crippen molar-refractivity contribution in [3.05, 3.63) is 0 Å². The molecule has 0 aromatic heterocycles. The lowest BCUT2D eigenvalue weighted by atomic mass is 9.94. The molecular formula is C15H29N3O. The van der Waals surface area contributed by atoms with E-state index in [1.54, 1.807) is 0 Å². The zero-order chi connectivity index (χ0) is 14.3. The van der Waals surface area contributed by atoms with E-state index >= 15 is 0 Å². The molecule has 3 atom stereocenters. The zero-order valence-electron chi connectivity index (χ0n) is 12.9. The predicted molar refractivity (Wildman–Crippen MR) is 77.9 cm³/mol. The number of unbranched alkanes of at least 4 members (excludes halogenated alkanes) is 1.